The molecule has 2 unspecified atom stereocenters. The van der Waals surface area contributed by atoms with E-state index < -0.39 is 0 Å². The Morgan fingerprint density at radius 1 is 1.39 bits per heavy atom. The Morgan fingerprint density at radius 2 is 2.17 bits per heavy atom. The molecule has 1 aromatic carbocycles. The van der Waals surface area contributed by atoms with Crippen LogP contribution in [0.5, 0.6) is 5.75 Å². The van der Waals surface area contributed by atoms with E-state index in [1.54, 1.807) is 7.11 Å². The molecule has 0 amide bonds. The lowest BCUT2D eigenvalue weighted by Gasteiger charge is -2.28. The molecule has 1 saturated carbocycles. The molecular weight excluding hydrogens is 294 g/mol. The predicted molar refractivity (Wildman–Crippen MR) is 75.8 cm³/mol. The van der Waals surface area contributed by atoms with E-state index in [4.69, 9.17) is 4.74 Å². The first-order valence-corrected chi connectivity index (χ1v) is 7.24. The molecule has 1 aliphatic rings. The minimum Gasteiger partial charge on any atom is -0.496 e. The van der Waals surface area contributed by atoms with Gasteiger partial charge in [-0.1, -0.05) is 28.8 Å². The lowest BCUT2D eigenvalue weighted by molar-refractivity contribution is 0.0901. The maximum atomic E-state index is 9.93. The zero-order valence-corrected chi connectivity index (χ0v) is 12.2. The fourth-order valence-electron chi connectivity index (χ4n) is 2.48. The molecule has 18 heavy (non-hydrogen) atoms. The van der Waals surface area contributed by atoms with Gasteiger partial charge in [0.1, 0.15) is 5.75 Å². The van der Waals surface area contributed by atoms with Gasteiger partial charge in [0.05, 0.1) is 13.2 Å². The van der Waals surface area contributed by atoms with Gasteiger partial charge in [0.25, 0.3) is 0 Å². The van der Waals surface area contributed by atoms with Gasteiger partial charge in [-0.05, 0) is 31.0 Å². The van der Waals surface area contributed by atoms with Crippen molar-refractivity contribution >= 4 is 15.9 Å². The van der Waals surface area contributed by atoms with Crippen LogP contribution in [0.4, 0.5) is 0 Å². The van der Waals surface area contributed by atoms with Crippen molar-refractivity contribution in [2.75, 3.05) is 7.11 Å². The van der Waals surface area contributed by atoms with Crippen LogP contribution in [0.1, 0.15) is 31.2 Å². The van der Waals surface area contributed by atoms with Crippen LogP contribution in [0.3, 0.4) is 0 Å². The van der Waals surface area contributed by atoms with Crippen LogP contribution in [0, 0.1) is 0 Å². The minimum absolute atomic E-state index is 0.211. The van der Waals surface area contributed by atoms with E-state index >= 15 is 0 Å². The minimum atomic E-state index is -0.211. The molecule has 0 saturated heterocycles. The second-order valence-corrected chi connectivity index (χ2v) is 5.71. The number of benzene rings is 1. The summed E-state index contributed by atoms with van der Waals surface area (Å²) in [5.74, 6) is 0.885. The van der Waals surface area contributed by atoms with Crippen molar-refractivity contribution < 1.29 is 9.84 Å². The van der Waals surface area contributed by atoms with Gasteiger partial charge in [-0.15, -0.1) is 0 Å². The van der Waals surface area contributed by atoms with Gasteiger partial charge in [-0.25, -0.2) is 0 Å². The molecule has 0 aliphatic heterocycles. The highest BCUT2D eigenvalue weighted by atomic mass is 79.9. The van der Waals surface area contributed by atoms with Crippen molar-refractivity contribution in [3.63, 3.8) is 0 Å². The highest BCUT2D eigenvalue weighted by Gasteiger charge is 2.22. The van der Waals surface area contributed by atoms with E-state index in [9.17, 15) is 5.11 Å². The predicted octanol–water partition coefficient (Wildman–Crippen LogP) is 2.85. The molecule has 1 fully saturated rings. The first-order valence-electron chi connectivity index (χ1n) is 6.44. The average Bonchev–Trinajstić information content (AvgIpc) is 2.38. The Kier molecular flexibility index (Phi) is 5.03. The Hall–Kier alpha value is -0.580. The van der Waals surface area contributed by atoms with Crippen LogP contribution in [0.2, 0.25) is 0 Å². The molecule has 2 atom stereocenters. The first-order chi connectivity index (χ1) is 8.70. The van der Waals surface area contributed by atoms with E-state index in [1.165, 1.54) is 6.42 Å². The number of aliphatic hydroxyl groups excluding tert-OH is 1. The quantitative estimate of drug-likeness (QED) is 0.898. The molecular formula is C14H20BrNO2. The van der Waals surface area contributed by atoms with Crippen molar-refractivity contribution in [2.24, 2.45) is 0 Å². The second-order valence-electron chi connectivity index (χ2n) is 4.80. The summed E-state index contributed by atoms with van der Waals surface area (Å²) in [5.41, 5.74) is 1.12. The molecule has 2 N–H and O–H groups in total. The molecule has 1 aromatic rings. The van der Waals surface area contributed by atoms with Crippen molar-refractivity contribution in [2.45, 2.75) is 44.4 Å². The van der Waals surface area contributed by atoms with Crippen LogP contribution in [-0.2, 0) is 6.54 Å². The second kappa shape index (κ2) is 6.55. The summed E-state index contributed by atoms with van der Waals surface area (Å²) in [4.78, 5) is 0. The molecule has 0 bridgehead atoms. The monoisotopic (exact) mass is 313 g/mol. The smallest absolute Gasteiger partial charge is 0.123 e. The van der Waals surface area contributed by atoms with Gasteiger partial charge < -0.3 is 15.2 Å². The van der Waals surface area contributed by atoms with Gasteiger partial charge in [0.15, 0.2) is 0 Å². The molecule has 1 aliphatic carbocycles. The molecule has 4 heteroatoms. The van der Waals surface area contributed by atoms with Crippen LogP contribution in [-0.4, -0.2) is 24.4 Å². The van der Waals surface area contributed by atoms with E-state index in [0.29, 0.717) is 0 Å². The average molecular weight is 314 g/mol. The molecule has 0 aromatic heterocycles. The summed E-state index contributed by atoms with van der Waals surface area (Å²) in [6, 6.07) is 6.19. The third-order valence-corrected chi connectivity index (χ3v) is 4.02. The lowest BCUT2D eigenvalue weighted by Crippen LogP contribution is -2.41. The summed E-state index contributed by atoms with van der Waals surface area (Å²) in [6.07, 6.45) is 4.09. The molecule has 0 heterocycles. The van der Waals surface area contributed by atoms with Crippen molar-refractivity contribution in [1.29, 1.82) is 0 Å². The fourth-order valence-corrected chi connectivity index (χ4v) is 2.88. The molecule has 100 valence electrons. The summed E-state index contributed by atoms with van der Waals surface area (Å²) in [5, 5.41) is 13.4. The van der Waals surface area contributed by atoms with E-state index in [-0.39, 0.29) is 12.1 Å². The molecule has 0 spiro atoms. The molecule has 2 rings (SSSR count). The Bertz CT molecular complexity index is 397. The number of halogens is 1. The summed E-state index contributed by atoms with van der Waals surface area (Å²) < 4.78 is 6.39. The highest BCUT2D eigenvalue weighted by molar-refractivity contribution is 9.10. The van der Waals surface area contributed by atoms with Crippen LogP contribution < -0.4 is 10.1 Å². The number of hydrogen-bond donors (Lipinski definition) is 2. The SMILES string of the molecule is COc1ccc(Br)cc1CNC1CCCCC1O. The van der Waals surface area contributed by atoms with Gasteiger partial charge in [0, 0.05) is 22.6 Å². The summed E-state index contributed by atoms with van der Waals surface area (Å²) in [6.45, 7) is 0.727. The van der Waals surface area contributed by atoms with Gasteiger partial charge in [-0.3, -0.25) is 0 Å². The third kappa shape index (κ3) is 3.46. The number of aliphatic hydroxyl groups is 1. The standard InChI is InChI=1S/C14H20BrNO2/c1-18-14-7-6-11(15)8-10(14)9-16-12-4-2-3-5-13(12)17/h6-8,12-13,16-17H,2-5,9H2,1H3. The third-order valence-electron chi connectivity index (χ3n) is 3.53. The Labute approximate surface area is 117 Å². The van der Waals surface area contributed by atoms with Crippen LogP contribution in [0.25, 0.3) is 0 Å². The van der Waals surface area contributed by atoms with E-state index in [2.05, 4.69) is 27.3 Å². The van der Waals surface area contributed by atoms with Crippen LogP contribution >= 0.6 is 15.9 Å². The van der Waals surface area contributed by atoms with Crippen molar-refractivity contribution in [3.8, 4) is 5.75 Å². The normalized spacial score (nSPS) is 23.9. The number of rotatable bonds is 4. The number of ether oxygens (including phenoxy) is 1. The lowest BCUT2D eigenvalue weighted by atomic mass is 9.92. The Balaban J connectivity index is 1.98. The first kappa shape index (κ1) is 13.8. The van der Waals surface area contributed by atoms with Crippen molar-refractivity contribution in [1.82, 2.24) is 5.32 Å². The van der Waals surface area contributed by atoms with Crippen molar-refractivity contribution in [3.05, 3.63) is 28.2 Å². The maximum absolute atomic E-state index is 9.93. The van der Waals surface area contributed by atoms with E-state index in [0.717, 1.165) is 41.6 Å². The fraction of sp³-hybridized carbons (Fsp3) is 0.571. The number of nitrogens with one attached hydrogen (secondary N) is 1. The highest BCUT2D eigenvalue weighted by Crippen LogP contribution is 2.24. The van der Waals surface area contributed by atoms with Crippen LogP contribution in [0.15, 0.2) is 22.7 Å². The van der Waals surface area contributed by atoms with Gasteiger partial charge in [0.2, 0.25) is 0 Å². The summed E-state index contributed by atoms with van der Waals surface area (Å²) >= 11 is 3.47. The van der Waals surface area contributed by atoms with E-state index in [1.807, 2.05) is 12.1 Å². The number of hydrogen-bond acceptors (Lipinski definition) is 3. The van der Waals surface area contributed by atoms with Gasteiger partial charge in [-0.2, -0.15) is 0 Å². The Morgan fingerprint density at radius 3 is 2.89 bits per heavy atom. The molecule has 3 nitrogen and oxygen atoms in total. The zero-order chi connectivity index (χ0) is 13.0. The maximum Gasteiger partial charge on any atom is 0.123 e. The van der Waals surface area contributed by atoms with Gasteiger partial charge >= 0.3 is 0 Å². The zero-order valence-electron chi connectivity index (χ0n) is 10.7. The summed E-state index contributed by atoms with van der Waals surface area (Å²) in [7, 11) is 1.68. The number of methoxy groups -OCH3 is 1. The largest absolute Gasteiger partial charge is 0.496 e. The topological polar surface area (TPSA) is 41.5 Å². The molecule has 0 radical (unpaired) electrons.